The highest BCUT2D eigenvalue weighted by Gasteiger charge is 2.07. The SMILES string of the molecule is CCC(CCCl)NCc1nc2ccccc2s1. The summed E-state index contributed by atoms with van der Waals surface area (Å²) in [6, 6.07) is 8.76. The van der Waals surface area contributed by atoms with Crippen LogP contribution in [0.15, 0.2) is 24.3 Å². The second-order valence-corrected chi connectivity index (χ2v) is 5.53. The van der Waals surface area contributed by atoms with Crippen LogP contribution in [0.5, 0.6) is 0 Å². The molecule has 2 aromatic rings. The molecule has 1 unspecified atom stereocenters. The van der Waals surface area contributed by atoms with Gasteiger partial charge in [-0.25, -0.2) is 4.98 Å². The molecule has 0 aliphatic rings. The van der Waals surface area contributed by atoms with Crippen molar-refractivity contribution < 1.29 is 0 Å². The molecule has 0 radical (unpaired) electrons. The number of halogens is 1. The van der Waals surface area contributed by atoms with E-state index in [1.165, 1.54) is 4.70 Å². The van der Waals surface area contributed by atoms with E-state index in [1.807, 2.05) is 6.07 Å². The number of alkyl halides is 1. The molecular formula is C13H17ClN2S. The van der Waals surface area contributed by atoms with E-state index in [0.717, 1.165) is 29.9 Å². The number of hydrogen-bond acceptors (Lipinski definition) is 3. The second-order valence-electron chi connectivity index (χ2n) is 4.04. The minimum atomic E-state index is 0.500. The third-order valence-electron chi connectivity index (χ3n) is 2.83. The summed E-state index contributed by atoms with van der Waals surface area (Å²) in [6.45, 7) is 3.03. The van der Waals surface area contributed by atoms with Gasteiger partial charge in [0.15, 0.2) is 0 Å². The van der Waals surface area contributed by atoms with E-state index in [9.17, 15) is 0 Å². The van der Waals surface area contributed by atoms with Crippen LogP contribution in [-0.4, -0.2) is 16.9 Å². The van der Waals surface area contributed by atoms with Crippen molar-refractivity contribution in [3.05, 3.63) is 29.3 Å². The summed E-state index contributed by atoms with van der Waals surface area (Å²) in [7, 11) is 0. The Bertz CT molecular complexity index is 436. The molecule has 92 valence electrons. The third-order valence-corrected chi connectivity index (χ3v) is 4.09. The average Bonchev–Trinajstić information content (AvgIpc) is 2.77. The van der Waals surface area contributed by atoms with Crippen LogP contribution in [0.25, 0.3) is 10.2 Å². The topological polar surface area (TPSA) is 24.9 Å². The van der Waals surface area contributed by atoms with Gasteiger partial charge < -0.3 is 5.32 Å². The first-order valence-electron chi connectivity index (χ1n) is 5.97. The van der Waals surface area contributed by atoms with Gasteiger partial charge in [-0.15, -0.1) is 22.9 Å². The van der Waals surface area contributed by atoms with Crippen LogP contribution < -0.4 is 5.32 Å². The van der Waals surface area contributed by atoms with Crippen molar-refractivity contribution >= 4 is 33.2 Å². The molecule has 0 saturated carbocycles. The number of hydrogen-bond donors (Lipinski definition) is 1. The summed E-state index contributed by atoms with van der Waals surface area (Å²) >= 11 is 7.53. The molecule has 0 saturated heterocycles. The Labute approximate surface area is 111 Å². The van der Waals surface area contributed by atoms with Crippen LogP contribution in [0.2, 0.25) is 0 Å². The molecule has 1 aromatic carbocycles. The molecule has 1 atom stereocenters. The van der Waals surface area contributed by atoms with Crippen LogP contribution in [0.3, 0.4) is 0 Å². The Kier molecular flexibility index (Phi) is 4.77. The van der Waals surface area contributed by atoms with Crippen molar-refractivity contribution in [3.63, 3.8) is 0 Å². The third kappa shape index (κ3) is 3.41. The standard InChI is InChI=1S/C13H17ClN2S/c1-2-10(7-8-14)15-9-13-16-11-5-3-4-6-12(11)17-13/h3-6,10,15H,2,7-9H2,1H3. The number of benzene rings is 1. The first-order chi connectivity index (χ1) is 8.33. The van der Waals surface area contributed by atoms with Crippen molar-refractivity contribution in [2.75, 3.05) is 5.88 Å². The fourth-order valence-corrected chi connectivity index (χ4v) is 2.99. The zero-order chi connectivity index (χ0) is 12.1. The molecule has 1 aromatic heterocycles. The molecule has 0 aliphatic heterocycles. The summed E-state index contributed by atoms with van der Waals surface area (Å²) in [6.07, 6.45) is 2.13. The molecule has 0 fully saturated rings. The van der Waals surface area contributed by atoms with Crippen molar-refractivity contribution in [1.82, 2.24) is 10.3 Å². The normalized spacial score (nSPS) is 13.1. The zero-order valence-electron chi connectivity index (χ0n) is 9.95. The van der Waals surface area contributed by atoms with Crippen LogP contribution in [-0.2, 0) is 6.54 Å². The van der Waals surface area contributed by atoms with Crippen molar-refractivity contribution in [2.24, 2.45) is 0 Å². The smallest absolute Gasteiger partial charge is 0.108 e. The molecule has 2 nitrogen and oxygen atoms in total. The highest BCUT2D eigenvalue weighted by Crippen LogP contribution is 2.21. The molecule has 0 spiro atoms. The van der Waals surface area contributed by atoms with Crippen molar-refractivity contribution in [3.8, 4) is 0 Å². The van der Waals surface area contributed by atoms with Gasteiger partial charge in [0.25, 0.3) is 0 Å². The summed E-state index contributed by atoms with van der Waals surface area (Å²) in [5, 5.41) is 4.66. The van der Waals surface area contributed by atoms with Crippen molar-refractivity contribution in [1.29, 1.82) is 0 Å². The van der Waals surface area contributed by atoms with Gasteiger partial charge in [0, 0.05) is 18.5 Å². The lowest BCUT2D eigenvalue weighted by Gasteiger charge is -2.13. The Hall–Kier alpha value is -0.640. The van der Waals surface area contributed by atoms with E-state index in [2.05, 4.69) is 35.4 Å². The average molecular weight is 269 g/mol. The number of fused-ring (bicyclic) bond motifs is 1. The van der Waals surface area contributed by atoms with E-state index >= 15 is 0 Å². The minimum Gasteiger partial charge on any atom is -0.308 e. The summed E-state index contributed by atoms with van der Waals surface area (Å²) < 4.78 is 1.26. The first-order valence-corrected chi connectivity index (χ1v) is 7.32. The summed E-state index contributed by atoms with van der Waals surface area (Å²) in [5.74, 6) is 0.714. The summed E-state index contributed by atoms with van der Waals surface area (Å²) in [4.78, 5) is 4.60. The first kappa shape index (κ1) is 12.8. The zero-order valence-corrected chi connectivity index (χ0v) is 11.5. The van der Waals surface area contributed by atoms with Crippen molar-refractivity contribution in [2.45, 2.75) is 32.4 Å². The van der Waals surface area contributed by atoms with E-state index in [-0.39, 0.29) is 0 Å². The molecule has 2 rings (SSSR count). The summed E-state index contributed by atoms with van der Waals surface area (Å²) in [5.41, 5.74) is 1.10. The largest absolute Gasteiger partial charge is 0.308 e. The van der Waals surface area contributed by atoms with Crippen LogP contribution in [0.1, 0.15) is 24.8 Å². The predicted octanol–water partition coefficient (Wildman–Crippen LogP) is 3.79. The molecule has 0 bridgehead atoms. The van der Waals surface area contributed by atoms with E-state index in [4.69, 9.17) is 11.6 Å². The fraction of sp³-hybridized carbons (Fsp3) is 0.462. The fourth-order valence-electron chi connectivity index (χ4n) is 1.81. The van der Waals surface area contributed by atoms with Gasteiger partial charge in [0.1, 0.15) is 5.01 Å². The maximum Gasteiger partial charge on any atom is 0.108 e. The molecule has 0 aliphatic carbocycles. The monoisotopic (exact) mass is 268 g/mol. The Morgan fingerprint density at radius 1 is 1.41 bits per heavy atom. The molecule has 17 heavy (non-hydrogen) atoms. The van der Waals surface area contributed by atoms with Gasteiger partial charge in [-0.2, -0.15) is 0 Å². The van der Waals surface area contributed by atoms with Gasteiger partial charge in [-0.05, 0) is 25.0 Å². The Morgan fingerprint density at radius 2 is 2.24 bits per heavy atom. The van der Waals surface area contributed by atoms with E-state index in [1.54, 1.807) is 11.3 Å². The number of rotatable bonds is 6. The lowest BCUT2D eigenvalue weighted by Crippen LogP contribution is -2.28. The number of nitrogens with zero attached hydrogens (tertiary/aromatic N) is 1. The Morgan fingerprint density at radius 3 is 2.94 bits per heavy atom. The van der Waals surface area contributed by atoms with Gasteiger partial charge >= 0.3 is 0 Å². The lowest BCUT2D eigenvalue weighted by molar-refractivity contribution is 0.485. The maximum atomic E-state index is 5.77. The Balaban J connectivity index is 1.98. The van der Waals surface area contributed by atoms with E-state index in [0.29, 0.717) is 11.9 Å². The number of thiazole rings is 1. The molecule has 1 N–H and O–H groups in total. The highest BCUT2D eigenvalue weighted by molar-refractivity contribution is 7.18. The molecular weight excluding hydrogens is 252 g/mol. The second kappa shape index (κ2) is 6.34. The molecule has 4 heteroatoms. The number of para-hydroxylation sites is 1. The molecule has 0 amide bonds. The lowest BCUT2D eigenvalue weighted by atomic mass is 10.2. The van der Waals surface area contributed by atoms with Crippen LogP contribution >= 0.6 is 22.9 Å². The van der Waals surface area contributed by atoms with E-state index < -0.39 is 0 Å². The predicted molar refractivity (Wildman–Crippen MR) is 75.9 cm³/mol. The minimum absolute atomic E-state index is 0.500. The molecule has 1 heterocycles. The van der Waals surface area contributed by atoms with Gasteiger partial charge in [0.2, 0.25) is 0 Å². The van der Waals surface area contributed by atoms with Crippen LogP contribution in [0.4, 0.5) is 0 Å². The number of aromatic nitrogens is 1. The number of nitrogens with one attached hydrogen (secondary N) is 1. The highest BCUT2D eigenvalue weighted by atomic mass is 35.5. The van der Waals surface area contributed by atoms with Gasteiger partial charge in [-0.3, -0.25) is 0 Å². The van der Waals surface area contributed by atoms with Gasteiger partial charge in [-0.1, -0.05) is 19.1 Å². The maximum absolute atomic E-state index is 5.77. The van der Waals surface area contributed by atoms with Gasteiger partial charge in [0.05, 0.1) is 10.2 Å². The quantitative estimate of drug-likeness (QED) is 0.807. The van der Waals surface area contributed by atoms with Crippen LogP contribution in [0, 0.1) is 0 Å².